The maximum atomic E-state index is 12.4. The molecular formula is C28H32BrNO2. The van der Waals surface area contributed by atoms with Crippen LogP contribution in [0.2, 0.25) is 0 Å². The molecule has 168 valence electrons. The smallest absolute Gasteiger partial charge is 0.126 e. The minimum absolute atomic E-state index is 0. The predicted octanol–water partition coefficient (Wildman–Crippen LogP) is 1.75. The number of quaternary nitrogens is 1. The highest BCUT2D eigenvalue weighted by Crippen LogP contribution is 2.58. The van der Waals surface area contributed by atoms with Crippen LogP contribution < -0.4 is 17.0 Å². The topological polar surface area (TPSA) is 29.5 Å². The van der Waals surface area contributed by atoms with Crippen molar-refractivity contribution in [3.05, 3.63) is 108 Å². The molecule has 2 fully saturated rings. The van der Waals surface area contributed by atoms with Gasteiger partial charge in [-0.2, -0.15) is 0 Å². The summed E-state index contributed by atoms with van der Waals surface area (Å²) in [5.74, 6) is 0. The molecule has 3 aromatic rings. The summed E-state index contributed by atoms with van der Waals surface area (Å²) in [7, 11) is 0. The molecule has 5 rings (SSSR count). The van der Waals surface area contributed by atoms with Gasteiger partial charge < -0.3 is 31.3 Å². The number of hydrogen-bond donors (Lipinski definition) is 1. The van der Waals surface area contributed by atoms with Gasteiger partial charge in [0.15, 0.2) is 0 Å². The molecule has 2 bridgehead atoms. The van der Waals surface area contributed by atoms with Crippen LogP contribution in [0.15, 0.2) is 91.0 Å². The molecule has 4 heteroatoms. The Balaban J connectivity index is 0.00000245. The van der Waals surface area contributed by atoms with Gasteiger partial charge in [0.25, 0.3) is 0 Å². The second-order valence-electron chi connectivity index (χ2n) is 9.43. The van der Waals surface area contributed by atoms with Crippen molar-refractivity contribution in [2.24, 2.45) is 5.41 Å². The fourth-order valence-electron chi connectivity index (χ4n) is 6.04. The fraction of sp³-hybridized carbons (Fsp3) is 0.357. The van der Waals surface area contributed by atoms with E-state index in [9.17, 15) is 5.11 Å². The largest absolute Gasteiger partial charge is 1.00 e. The van der Waals surface area contributed by atoms with Crippen LogP contribution in [-0.2, 0) is 16.9 Å². The highest BCUT2D eigenvalue weighted by molar-refractivity contribution is 5.40. The number of aliphatic hydroxyl groups is 1. The van der Waals surface area contributed by atoms with E-state index in [0.29, 0.717) is 6.61 Å². The van der Waals surface area contributed by atoms with Crippen molar-refractivity contribution in [2.75, 3.05) is 32.8 Å². The van der Waals surface area contributed by atoms with Crippen LogP contribution in [0.1, 0.15) is 29.5 Å². The van der Waals surface area contributed by atoms with E-state index >= 15 is 0 Å². The van der Waals surface area contributed by atoms with Gasteiger partial charge >= 0.3 is 0 Å². The molecule has 0 radical (unpaired) electrons. The van der Waals surface area contributed by atoms with E-state index in [1.165, 1.54) is 5.56 Å². The van der Waals surface area contributed by atoms with Gasteiger partial charge in [-0.1, -0.05) is 91.0 Å². The molecule has 0 aromatic heterocycles. The monoisotopic (exact) mass is 493 g/mol. The third-order valence-electron chi connectivity index (χ3n) is 7.74. The number of rotatable bonds is 8. The van der Waals surface area contributed by atoms with Gasteiger partial charge in [-0.15, -0.1) is 0 Å². The maximum Gasteiger partial charge on any atom is 0.126 e. The van der Waals surface area contributed by atoms with Crippen molar-refractivity contribution in [1.82, 2.24) is 0 Å². The zero-order valence-corrected chi connectivity index (χ0v) is 20.1. The average molecular weight is 494 g/mol. The molecule has 2 heterocycles. The lowest BCUT2D eigenvalue weighted by Gasteiger charge is -2.42. The standard InChI is InChI=1S/C28H32NO2.BrH/c30-28(25-12-6-2-7-13-25,26-14-8-3-9-15-26)27-16-18-29(23-27,19-17-27)20-21-31-22-24-10-4-1-5-11-24;/h1-15,30H,16-23H2;1H/q+1;/p-1. The summed E-state index contributed by atoms with van der Waals surface area (Å²) in [6.07, 6.45) is 2.10. The van der Waals surface area contributed by atoms with Crippen molar-refractivity contribution in [3.8, 4) is 0 Å². The van der Waals surface area contributed by atoms with Crippen molar-refractivity contribution in [3.63, 3.8) is 0 Å². The number of fused-ring (bicyclic) bond motifs is 2. The van der Waals surface area contributed by atoms with E-state index in [2.05, 4.69) is 48.5 Å². The number of piperidine rings is 1. The average Bonchev–Trinajstić information content (AvgIpc) is 3.41. The Bertz CT molecular complexity index is 946. The van der Waals surface area contributed by atoms with E-state index in [1.807, 2.05) is 42.5 Å². The summed E-state index contributed by atoms with van der Waals surface area (Å²) in [4.78, 5) is 0. The minimum Gasteiger partial charge on any atom is -1.00 e. The summed E-state index contributed by atoms with van der Waals surface area (Å²) in [5.41, 5.74) is 2.17. The van der Waals surface area contributed by atoms with Crippen LogP contribution >= 0.6 is 0 Å². The van der Waals surface area contributed by atoms with Crippen LogP contribution in [0, 0.1) is 5.41 Å². The van der Waals surface area contributed by atoms with Crippen LogP contribution in [0.5, 0.6) is 0 Å². The zero-order valence-electron chi connectivity index (χ0n) is 18.5. The molecule has 0 amide bonds. The Morgan fingerprint density at radius 1 is 0.781 bits per heavy atom. The van der Waals surface area contributed by atoms with Gasteiger partial charge in [0.1, 0.15) is 12.1 Å². The van der Waals surface area contributed by atoms with Crippen LogP contribution in [0.4, 0.5) is 0 Å². The van der Waals surface area contributed by atoms with Gasteiger partial charge in [-0.25, -0.2) is 0 Å². The van der Waals surface area contributed by atoms with Gasteiger partial charge in [-0.05, 0) is 16.7 Å². The first-order valence-corrected chi connectivity index (χ1v) is 11.5. The number of nitrogens with zero attached hydrogens (tertiary/aromatic N) is 1. The van der Waals surface area contributed by atoms with Crippen LogP contribution in [-0.4, -0.2) is 42.4 Å². The fourth-order valence-corrected chi connectivity index (χ4v) is 6.04. The van der Waals surface area contributed by atoms with Gasteiger partial charge in [0.2, 0.25) is 0 Å². The van der Waals surface area contributed by atoms with Crippen LogP contribution in [0.25, 0.3) is 0 Å². The summed E-state index contributed by atoms with van der Waals surface area (Å²) >= 11 is 0. The van der Waals surface area contributed by atoms with Crippen molar-refractivity contribution in [2.45, 2.75) is 25.0 Å². The molecule has 0 saturated carbocycles. The van der Waals surface area contributed by atoms with E-state index in [0.717, 1.165) is 61.2 Å². The van der Waals surface area contributed by atoms with Crippen LogP contribution in [0.3, 0.4) is 0 Å². The first kappa shape index (κ1) is 23.2. The van der Waals surface area contributed by atoms with Crippen molar-refractivity contribution in [1.29, 1.82) is 0 Å². The molecule has 3 nitrogen and oxygen atoms in total. The zero-order chi connectivity index (χ0) is 21.2. The number of ether oxygens (including phenoxy) is 1. The minimum atomic E-state index is -0.961. The molecule has 0 atom stereocenters. The van der Waals surface area contributed by atoms with Crippen molar-refractivity contribution >= 4 is 0 Å². The quantitative estimate of drug-likeness (QED) is 0.382. The Hall–Kier alpha value is -1.98. The molecule has 1 N–H and O–H groups in total. The van der Waals surface area contributed by atoms with E-state index < -0.39 is 5.60 Å². The lowest BCUT2D eigenvalue weighted by Crippen LogP contribution is -3.00. The SMILES string of the molecule is OC(c1ccccc1)(c1ccccc1)C12CC[N+](CCOCc3ccccc3)(CC1)C2.[Br-]. The normalized spacial score (nSPS) is 24.3. The highest BCUT2D eigenvalue weighted by Gasteiger charge is 2.65. The number of hydrogen-bond acceptors (Lipinski definition) is 2. The third-order valence-corrected chi connectivity index (χ3v) is 7.74. The molecule has 32 heavy (non-hydrogen) atoms. The molecular weight excluding hydrogens is 462 g/mol. The van der Waals surface area contributed by atoms with Crippen molar-refractivity contribution < 1.29 is 31.3 Å². The third kappa shape index (κ3) is 4.06. The molecule has 2 saturated heterocycles. The second kappa shape index (κ2) is 9.48. The summed E-state index contributed by atoms with van der Waals surface area (Å²) in [6, 6.07) is 31.0. The van der Waals surface area contributed by atoms with E-state index in [1.54, 1.807) is 0 Å². The lowest BCUT2D eigenvalue weighted by atomic mass is 9.63. The number of benzene rings is 3. The molecule has 0 aliphatic carbocycles. The summed E-state index contributed by atoms with van der Waals surface area (Å²) in [5, 5.41) is 12.4. The maximum absolute atomic E-state index is 12.4. The number of halogens is 1. The molecule has 0 unspecified atom stereocenters. The Morgan fingerprint density at radius 2 is 1.28 bits per heavy atom. The van der Waals surface area contributed by atoms with E-state index in [4.69, 9.17) is 4.74 Å². The summed E-state index contributed by atoms with van der Waals surface area (Å²) < 4.78 is 7.10. The van der Waals surface area contributed by atoms with Gasteiger partial charge in [-0.3, -0.25) is 0 Å². The second-order valence-corrected chi connectivity index (χ2v) is 9.43. The van der Waals surface area contributed by atoms with Gasteiger partial charge in [0, 0.05) is 12.8 Å². The first-order chi connectivity index (χ1) is 15.2. The molecule has 2 aliphatic rings. The van der Waals surface area contributed by atoms with E-state index in [-0.39, 0.29) is 22.4 Å². The molecule has 3 aromatic carbocycles. The first-order valence-electron chi connectivity index (χ1n) is 11.5. The Labute approximate surface area is 202 Å². The Kier molecular flexibility index (Phi) is 6.87. The summed E-state index contributed by atoms with van der Waals surface area (Å²) in [6.45, 7) is 5.72. The predicted molar refractivity (Wildman–Crippen MR) is 123 cm³/mol. The lowest BCUT2D eigenvalue weighted by molar-refractivity contribution is -0.910. The molecule has 2 aliphatic heterocycles. The Morgan fingerprint density at radius 3 is 1.81 bits per heavy atom. The molecule has 0 spiro atoms. The highest BCUT2D eigenvalue weighted by atomic mass is 79.9. The van der Waals surface area contributed by atoms with Gasteiger partial charge in [0.05, 0.1) is 38.3 Å².